The van der Waals surface area contributed by atoms with Crippen LogP contribution in [0.3, 0.4) is 0 Å². The molecule has 0 aliphatic carbocycles. The second-order valence-corrected chi connectivity index (χ2v) is 17.4. The van der Waals surface area contributed by atoms with Gasteiger partial charge in [0.2, 0.25) is 6.54 Å². The lowest BCUT2D eigenvalue weighted by Crippen LogP contribution is -2.42. The van der Waals surface area contributed by atoms with E-state index in [4.69, 9.17) is 52.8 Å². The molecule has 3 fully saturated rings. The first-order chi connectivity index (χ1) is 27.7. The zero-order valence-corrected chi connectivity index (χ0v) is 38.1. The monoisotopic (exact) mass is 841 g/mol. The molecule has 0 aromatic rings. The van der Waals surface area contributed by atoms with E-state index in [9.17, 15) is 14.4 Å². The van der Waals surface area contributed by atoms with Gasteiger partial charge in [-0.15, -0.1) is 6.58 Å². The molecular formula is C43H80N6O10. The Morgan fingerprint density at radius 3 is 1.22 bits per heavy atom. The minimum atomic E-state index is -0.434. The third kappa shape index (κ3) is 31.9. The molecule has 16 heteroatoms. The van der Waals surface area contributed by atoms with E-state index in [-0.39, 0.29) is 24.9 Å². The average molecular weight is 841 g/mol. The van der Waals surface area contributed by atoms with Crippen molar-refractivity contribution in [3.8, 4) is 0 Å². The maximum atomic E-state index is 11.9. The Morgan fingerprint density at radius 1 is 0.661 bits per heavy atom. The third-order valence-electron chi connectivity index (χ3n) is 8.70. The lowest BCUT2D eigenvalue weighted by molar-refractivity contribution is 0.0112. The van der Waals surface area contributed by atoms with Crippen molar-refractivity contribution >= 4 is 18.3 Å². The van der Waals surface area contributed by atoms with E-state index in [1.807, 2.05) is 62.3 Å². The van der Waals surface area contributed by atoms with Crippen LogP contribution in [0.2, 0.25) is 0 Å². The predicted octanol–water partition coefficient (Wildman–Crippen LogP) is 6.85. The van der Waals surface area contributed by atoms with Crippen LogP contribution in [0.5, 0.6) is 0 Å². The molecule has 342 valence electrons. The number of hydrogen-bond acceptors (Lipinski definition) is 11. The summed E-state index contributed by atoms with van der Waals surface area (Å²) in [6.07, 6.45) is 7.02. The van der Waals surface area contributed by atoms with Crippen LogP contribution in [0, 0.1) is 30.9 Å². The Labute approximate surface area is 356 Å². The third-order valence-corrected chi connectivity index (χ3v) is 8.70. The summed E-state index contributed by atoms with van der Waals surface area (Å²) < 4.78 is 27.0. The summed E-state index contributed by atoms with van der Waals surface area (Å²) in [4.78, 5) is 46.7. The van der Waals surface area contributed by atoms with Gasteiger partial charge in [0.1, 0.15) is 29.6 Å². The van der Waals surface area contributed by atoms with Gasteiger partial charge in [0.05, 0.1) is 6.57 Å². The van der Waals surface area contributed by atoms with Crippen LogP contribution < -0.4 is 5.73 Å². The molecule has 59 heavy (non-hydrogen) atoms. The van der Waals surface area contributed by atoms with Crippen molar-refractivity contribution in [1.82, 2.24) is 14.7 Å². The number of carbonyl (C=O) groups is 3. The fourth-order valence-electron chi connectivity index (χ4n) is 5.64. The summed E-state index contributed by atoms with van der Waals surface area (Å²) in [6.45, 7) is 41.1. The number of ether oxygens (including phenoxy) is 5. The number of aliphatic hydroxyl groups excluding tert-OH is 2. The topological polar surface area (TPSA) is 182 Å². The Balaban J connectivity index is 0. The van der Waals surface area contributed by atoms with Gasteiger partial charge in [-0.25, -0.2) is 25.8 Å². The molecule has 0 aromatic heterocycles. The van der Waals surface area contributed by atoms with Crippen LogP contribution in [0.15, 0.2) is 12.8 Å². The Bertz CT molecular complexity index is 1210. The van der Waals surface area contributed by atoms with Crippen molar-refractivity contribution in [1.29, 1.82) is 0 Å². The highest BCUT2D eigenvalue weighted by atomic mass is 16.6. The molecule has 0 spiro atoms. The summed E-state index contributed by atoms with van der Waals surface area (Å²) in [5.41, 5.74) is 4.13. The molecule has 3 heterocycles. The molecule has 3 amide bonds. The maximum absolute atomic E-state index is 11.9. The fourth-order valence-corrected chi connectivity index (χ4v) is 5.64. The second-order valence-electron chi connectivity index (χ2n) is 17.4. The number of nitrogens with two attached hydrogens (primary N) is 1. The number of rotatable bonds is 10. The van der Waals surface area contributed by atoms with E-state index in [1.54, 1.807) is 14.7 Å². The van der Waals surface area contributed by atoms with E-state index in [0.29, 0.717) is 57.1 Å². The van der Waals surface area contributed by atoms with Crippen LogP contribution in [0.1, 0.15) is 107 Å². The summed E-state index contributed by atoms with van der Waals surface area (Å²) in [7, 11) is 1.00. The van der Waals surface area contributed by atoms with Crippen LogP contribution in [0.4, 0.5) is 14.4 Å². The number of carbonyl (C=O) groups excluding carboxylic acids is 3. The minimum absolute atomic E-state index is 0.199. The van der Waals surface area contributed by atoms with Gasteiger partial charge in [-0.05, 0) is 132 Å². The van der Waals surface area contributed by atoms with E-state index in [1.165, 1.54) is 6.20 Å². The molecule has 3 saturated heterocycles. The number of hydrogen-bond donors (Lipinski definition) is 3. The van der Waals surface area contributed by atoms with Gasteiger partial charge >= 0.3 is 18.3 Å². The van der Waals surface area contributed by atoms with E-state index >= 15 is 0 Å². The maximum Gasteiger partial charge on any atom is 0.410 e. The molecule has 0 radical (unpaired) electrons. The SMILES string of the molecule is CC(C)(C)OC(=O)N1CCC(CO)CC1.CC(C)(C)OC(=O)N1CCC(COCCCN)CC1.CO.[C-]#[N+]C=C.[C-]#[N+]CCOCC1CCN(C(=O)OC(C)(C)C)CC1. The van der Waals surface area contributed by atoms with Crippen molar-refractivity contribution in [2.75, 3.05) is 92.5 Å². The van der Waals surface area contributed by atoms with Crippen molar-refractivity contribution < 1.29 is 48.3 Å². The van der Waals surface area contributed by atoms with Gasteiger partial charge in [-0.1, -0.05) is 0 Å². The lowest BCUT2D eigenvalue weighted by atomic mass is 9.98. The highest BCUT2D eigenvalue weighted by molar-refractivity contribution is 5.69. The first-order valence-corrected chi connectivity index (χ1v) is 20.8. The van der Waals surface area contributed by atoms with Crippen LogP contribution in [-0.2, 0) is 23.7 Å². The molecular weight excluding hydrogens is 761 g/mol. The van der Waals surface area contributed by atoms with Crippen molar-refractivity contribution in [3.05, 3.63) is 35.6 Å². The summed E-state index contributed by atoms with van der Waals surface area (Å²) in [5, 5.41) is 16.0. The van der Waals surface area contributed by atoms with E-state index in [2.05, 4.69) is 16.3 Å². The average Bonchev–Trinajstić information content (AvgIpc) is 3.18. The Hall–Kier alpha value is -3.67. The Kier molecular flexibility index (Phi) is 31.3. The molecule has 3 rings (SSSR count). The zero-order valence-electron chi connectivity index (χ0n) is 38.1. The summed E-state index contributed by atoms with van der Waals surface area (Å²) in [6, 6.07) is 0. The first-order valence-electron chi connectivity index (χ1n) is 20.8. The quantitative estimate of drug-likeness (QED) is 0.119. The van der Waals surface area contributed by atoms with Gasteiger partial charge in [0.25, 0.3) is 0 Å². The standard InChI is InChI=1S/C14H24N2O3.C14H28N2O3.C11H21NO3.C3H3N.CH4O/c1-14(2,3)19-13(17)16-8-5-12(6-9-16)11-18-10-7-15-4;1-14(2,3)19-13(17)16-8-5-12(6-9-16)11-18-10-4-7-15;1-11(2,3)15-10(14)12-6-4-9(8-13)5-7-12;1-3-4-2;1-2/h12H,5-11H2,1-3H3;12H,4-11,15H2,1-3H3;9,13H,4-8H2,1-3H3;3H,1H2;2H,1H3. The molecule has 0 unspecified atom stereocenters. The van der Waals surface area contributed by atoms with Crippen LogP contribution >= 0.6 is 0 Å². The van der Waals surface area contributed by atoms with Gasteiger partial charge in [0.15, 0.2) is 0 Å². The molecule has 4 N–H and O–H groups in total. The molecule has 0 atom stereocenters. The first kappa shape index (κ1) is 57.4. The highest BCUT2D eigenvalue weighted by Crippen LogP contribution is 2.22. The molecule has 0 aromatic carbocycles. The number of amides is 3. The minimum Gasteiger partial charge on any atom is -0.444 e. The van der Waals surface area contributed by atoms with E-state index < -0.39 is 16.8 Å². The van der Waals surface area contributed by atoms with Gasteiger partial charge in [0, 0.05) is 72.8 Å². The second kappa shape index (κ2) is 32.1. The van der Waals surface area contributed by atoms with Gasteiger partial charge in [-0.3, -0.25) is 0 Å². The van der Waals surface area contributed by atoms with Crippen molar-refractivity contribution in [2.24, 2.45) is 23.5 Å². The van der Waals surface area contributed by atoms with Crippen LogP contribution in [0.25, 0.3) is 9.69 Å². The Morgan fingerprint density at radius 2 is 0.966 bits per heavy atom. The fraction of sp³-hybridized carbons (Fsp3) is 0.837. The number of nitrogens with zero attached hydrogens (tertiary/aromatic N) is 5. The molecule has 16 nitrogen and oxygen atoms in total. The highest BCUT2D eigenvalue weighted by Gasteiger charge is 2.29. The molecule has 0 bridgehead atoms. The van der Waals surface area contributed by atoms with E-state index in [0.717, 1.165) is 91.4 Å². The van der Waals surface area contributed by atoms with Gasteiger partial charge in [-0.2, -0.15) is 0 Å². The summed E-state index contributed by atoms with van der Waals surface area (Å²) in [5.74, 6) is 1.39. The molecule has 3 aliphatic rings. The number of piperidine rings is 3. The zero-order chi connectivity index (χ0) is 45.5. The number of aliphatic hydroxyl groups is 2. The van der Waals surface area contributed by atoms with Gasteiger partial charge < -0.3 is 59.2 Å². The van der Waals surface area contributed by atoms with Crippen molar-refractivity contribution in [3.63, 3.8) is 0 Å². The molecule has 0 saturated carbocycles. The number of likely N-dealkylation sites (tertiary alicyclic amines) is 3. The van der Waals surface area contributed by atoms with Crippen LogP contribution in [-0.4, -0.2) is 152 Å². The lowest BCUT2D eigenvalue weighted by Gasteiger charge is -2.33. The molecule has 3 aliphatic heterocycles. The normalized spacial score (nSPS) is 16.4. The predicted molar refractivity (Wildman–Crippen MR) is 230 cm³/mol. The smallest absolute Gasteiger partial charge is 0.410 e. The summed E-state index contributed by atoms with van der Waals surface area (Å²) >= 11 is 0. The van der Waals surface area contributed by atoms with Crippen molar-refractivity contribution in [2.45, 2.75) is 124 Å². The largest absolute Gasteiger partial charge is 0.444 e.